The first-order valence-corrected chi connectivity index (χ1v) is 6.37. The summed E-state index contributed by atoms with van der Waals surface area (Å²) in [5, 5.41) is 3.43. The molecule has 3 heteroatoms. The Morgan fingerprint density at radius 1 is 1.44 bits per heavy atom. The van der Waals surface area contributed by atoms with Gasteiger partial charge in [-0.25, -0.2) is 9.97 Å². The fraction of sp³-hybridized carbons (Fsp3) is 0.692. The number of rotatable bonds is 4. The van der Waals surface area contributed by atoms with Gasteiger partial charge in [0.1, 0.15) is 5.82 Å². The van der Waals surface area contributed by atoms with Crippen molar-refractivity contribution >= 4 is 0 Å². The van der Waals surface area contributed by atoms with E-state index in [2.05, 4.69) is 29.1 Å². The van der Waals surface area contributed by atoms with Crippen molar-refractivity contribution in [3.8, 4) is 0 Å². The van der Waals surface area contributed by atoms with Crippen molar-refractivity contribution in [2.45, 2.75) is 39.5 Å². The van der Waals surface area contributed by atoms with Crippen molar-refractivity contribution in [2.75, 3.05) is 13.1 Å². The summed E-state index contributed by atoms with van der Waals surface area (Å²) in [6, 6.07) is 0. The van der Waals surface area contributed by atoms with Crippen molar-refractivity contribution in [3.63, 3.8) is 0 Å². The van der Waals surface area contributed by atoms with Gasteiger partial charge in [-0.1, -0.05) is 13.8 Å². The molecule has 0 spiro atoms. The Morgan fingerprint density at radius 2 is 2.31 bits per heavy atom. The molecule has 1 aliphatic rings. The molecule has 1 atom stereocenters. The van der Waals surface area contributed by atoms with Crippen molar-refractivity contribution in [1.29, 1.82) is 0 Å². The third kappa shape index (κ3) is 2.59. The van der Waals surface area contributed by atoms with Gasteiger partial charge in [-0.3, -0.25) is 0 Å². The maximum Gasteiger partial charge on any atom is 0.128 e. The van der Waals surface area contributed by atoms with Gasteiger partial charge in [-0.15, -0.1) is 0 Å². The Morgan fingerprint density at radius 3 is 3.06 bits per heavy atom. The number of hydrogen-bond acceptors (Lipinski definition) is 3. The predicted molar refractivity (Wildman–Crippen MR) is 65.5 cm³/mol. The Balaban J connectivity index is 2.04. The molecule has 0 radical (unpaired) electrons. The summed E-state index contributed by atoms with van der Waals surface area (Å²) >= 11 is 0. The molecule has 1 aromatic heterocycles. The second-order valence-corrected chi connectivity index (χ2v) is 4.53. The summed E-state index contributed by atoms with van der Waals surface area (Å²) < 4.78 is 0. The normalized spacial score (nSPS) is 19.5. The molecule has 0 aromatic carbocycles. The Bertz CT molecular complexity index is 349. The molecule has 1 unspecified atom stereocenters. The summed E-state index contributed by atoms with van der Waals surface area (Å²) in [4.78, 5) is 9.01. The predicted octanol–water partition coefficient (Wildman–Crippen LogP) is 1.75. The maximum atomic E-state index is 4.61. The minimum atomic E-state index is 0.767. The van der Waals surface area contributed by atoms with Crippen molar-refractivity contribution in [2.24, 2.45) is 5.92 Å². The van der Waals surface area contributed by atoms with Gasteiger partial charge in [0.15, 0.2) is 0 Å². The highest BCUT2D eigenvalue weighted by Crippen LogP contribution is 2.23. The number of hydrogen-bond donors (Lipinski definition) is 1. The molecule has 1 heterocycles. The molecule has 0 saturated carbocycles. The van der Waals surface area contributed by atoms with E-state index in [1.807, 2.05) is 6.20 Å². The van der Waals surface area contributed by atoms with Gasteiger partial charge in [0.05, 0.1) is 0 Å². The lowest BCUT2D eigenvalue weighted by Gasteiger charge is -2.23. The van der Waals surface area contributed by atoms with E-state index in [1.54, 1.807) is 0 Å². The Hall–Kier alpha value is -0.960. The van der Waals surface area contributed by atoms with E-state index in [9.17, 15) is 0 Å². The van der Waals surface area contributed by atoms with E-state index in [4.69, 9.17) is 0 Å². The Labute approximate surface area is 97.7 Å². The summed E-state index contributed by atoms with van der Waals surface area (Å²) in [5.41, 5.74) is 2.66. The number of aromatic nitrogens is 2. The van der Waals surface area contributed by atoms with Gasteiger partial charge in [0.2, 0.25) is 0 Å². The molecular weight excluding hydrogens is 198 g/mol. The molecule has 1 N–H and O–H groups in total. The molecule has 0 amide bonds. The summed E-state index contributed by atoms with van der Waals surface area (Å²) in [7, 11) is 0. The highest BCUT2D eigenvalue weighted by Gasteiger charge is 2.19. The van der Waals surface area contributed by atoms with E-state index >= 15 is 0 Å². The van der Waals surface area contributed by atoms with Crippen LogP contribution in [0.15, 0.2) is 6.20 Å². The van der Waals surface area contributed by atoms with Crippen LogP contribution in [0.1, 0.15) is 37.4 Å². The standard InChI is InChI=1S/C13H21N3/c1-3-13-15-9-11-7-10(8-14-4-2)5-6-12(11)16-13/h9-10,14H,3-8H2,1-2H3. The van der Waals surface area contributed by atoms with Crippen LogP contribution in [-0.2, 0) is 19.3 Å². The second kappa shape index (κ2) is 5.39. The molecule has 0 bridgehead atoms. The zero-order valence-electron chi connectivity index (χ0n) is 10.3. The van der Waals surface area contributed by atoms with Crippen molar-refractivity contribution < 1.29 is 0 Å². The van der Waals surface area contributed by atoms with Gasteiger partial charge < -0.3 is 5.32 Å². The average molecular weight is 219 g/mol. The monoisotopic (exact) mass is 219 g/mol. The highest BCUT2D eigenvalue weighted by atomic mass is 14.9. The van der Waals surface area contributed by atoms with E-state index in [0.717, 1.165) is 44.1 Å². The maximum absolute atomic E-state index is 4.61. The average Bonchev–Trinajstić information content (AvgIpc) is 2.35. The summed E-state index contributed by atoms with van der Waals surface area (Å²) in [6.07, 6.45) is 6.51. The lowest BCUT2D eigenvalue weighted by molar-refractivity contribution is 0.423. The van der Waals surface area contributed by atoms with Crippen molar-refractivity contribution in [1.82, 2.24) is 15.3 Å². The largest absolute Gasteiger partial charge is 0.317 e. The highest BCUT2D eigenvalue weighted by molar-refractivity contribution is 5.21. The zero-order chi connectivity index (χ0) is 11.4. The van der Waals surface area contributed by atoms with Crippen LogP contribution in [0.25, 0.3) is 0 Å². The lowest BCUT2D eigenvalue weighted by Crippen LogP contribution is -2.27. The van der Waals surface area contributed by atoms with Crippen molar-refractivity contribution in [3.05, 3.63) is 23.3 Å². The third-order valence-corrected chi connectivity index (χ3v) is 3.30. The number of nitrogens with zero attached hydrogens (tertiary/aromatic N) is 2. The molecule has 88 valence electrons. The smallest absolute Gasteiger partial charge is 0.128 e. The molecular formula is C13H21N3. The minimum absolute atomic E-state index is 0.767. The molecule has 0 saturated heterocycles. The van der Waals surface area contributed by atoms with Gasteiger partial charge >= 0.3 is 0 Å². The van der Waals surface area contributed by atoms with Gasteiger partial charge in [-0.2, -0.15) is 0 Å². The van der Waals surface area contributed by atoms with Crippen LogP contribution < -0.4 is 5.32 Å². The first kappa shape index (κ1) is 11.5. The van der Waals surface area contributed by atoms with Gasteiger partial charge in [0.25, 0.3) is 0 Å². The van der Waals surface area contributed by atoms with E-state index in [-0.39, 0.29) is 0 Å². The third-order valence-electron chi connectivity index (χ3n) is 3.30. The molecule has 16 heavy (non-hydrogen) atoms. The first-order chi connectivity index (χ1) is 7.83. The molecule has 0 fully saturated rings. The van der Waals surface area contributed by atoms with E-state index in [0.29, 0.717) is 0 Å². The lowest BCUT2D eigenvalue weighted by atomic mass is 9.87. The number of nitrogens with one attached hydrogen (secondary N) is 1. The zero-order valence-corrected chi connectivity index (χ0v) is 10.3. The van der Waals surface area contributed by atoms with Crippen LogP contribution in [0, 0.1) is 5.92 Å². The fourth-order valence-electron chi connectivity index (χ4n) is 2.32. The molecule has 1 aliphatic carbocycles. The topological polar surface area (TPSA) is 37.8 Å². The molecule has 3 nitrogen and oxygen atoms in total. The van der Waals surface area contributed by atoms with Crippen LogP contribution >= 0.6 is 0 Å². The fourth-order valence-corrected chi connectivity index (χ4v) is 2.32. The van der Waals surface area contributed by atoms with E-state index in [1.165, 1.54) is 17.7 Å². The van der Waals surface area contributed by atoms with Gasteiger partial charge in [-0.05, 0) is 43.8 Å². The quantitative estimate of drug-likeness (QED) is 0.838. The van der Waals surface area contributed by atoms with Crippen LogP contribution in [0.3, 0.4) is 0 Å². The van der Waals surface area contributed by atoms with E-state index < -0.39 is 0 Å². The van der Waals surface area contributed by atoms with Crippen LogP contribution in [0.5, 0.6) is 0 Å². The van der Waals surface area contributed by atoms with Crippen LogP contribution in [-0.4, -0.2) is 23.1 Å². The molecule has 2 rings (SSSR count). The van der Waals surface area contributed by atoms with Gasteiger partial charge in [0, 0.05) is 18.3 Å². The number of fused-ring (bicyclic) bond motifs is 1. The first-order valence-electron chi connectivity index (χ1n) is 6.37. The number of aryl methyl sites for hydroxylation is 2. The second-order valence-electron chi connectivity index (χ2n) is 4.53. The minimum Gasteiger partial charge on any atom is -0.317 e. The SMILES string of the molecule is CCNCC1CCc2nc(CC)ncc2C1. The Kier molecular flexibility index (Phi) is 3.88. The summed E-state index contributed by atoms with van der Waals surface area (Å²) in [6.45, 7) is 6.46. The molecule has 0 aliphatic heterocycles. The van der Waals surface area contributed by atoms with Crippen LogP contribution in [0.2, 0.25) is 0 Å². The van der Waals surface area contributed by atoms with Crippen LogP contribution in [0.4, 0.5) is 0 Å². The summed E-state index contributed by atoms with van der Waals surface area (Å²) in [5.74, 6) is 1.76. The molecule has 1 aromatic rings.